The van der Waals surface area contributed by atoms with Crippen molar-refractivity contribution in [2.45, 2.75) is 44.3 Å². The second-order valence-corrected chi connectivity index (χ2v) is 11.2. The Bertz CT molecular complexity index is 587. The van der Waals surface area contributed by atoms with Crippen LogP contribution in [0.1, 0.15) is 32.1 Å². The number of rotatable bonds is 6. The van der Waals surface area contributed by atoms with Gasteiger partial charge in [-0.2, -0.15) is 0 Å². The molecule has 5 aliphatic heterocycles. The zero-order chi connectivity index (χ0) is 18.9. The van der Waals surface area contributed by atoms with E-state index in [9.17, 15) is 8.42 Å². The van der Waals surface area contributed by atoms with E-state index in [1.807, 2.05) is 0 Å². The summed E-state index contributed by atoms with van der Waals surface area (Å²) in [6.07, 6.45) is 8.69. The molecule has 5 aliphatic rings. The van der Waals surface area contributed by atoms with E-state index in [4.69, 9.17) is 0 Å². The summed E-state index contributed by atoms with van der Waals surface area (Å²) in [6, 6.07) is 0.480. The van der Waals surface area contributed by atoms with Crippen LogP contribution < -0.4 is 14.9 Å². The van der Waals surface area contributed by atoms with Gasteiger partial charge in [0.2, 0.25) is 10.0 Å². The SMILES string of the molecule is CS(=O)(=O)NC[C@@H]1C[C@H]2CC[NH+]1C[C@@H]2CN1CCN(C2CCCC[NH2+]2)CC1. The first-order valence-electron chi connectivity index (χ1n) is 11.1. The molecule has 2 unspecified atom stereocenters. The lowest BCUT2D eigenvalue weighted by Gasteiger charge is -2.48. The predicted molar refractivity (Wildman–Crippen MR) is 106 cm³/mol. The van der Waals surface area contributed by atoms with Gasteiger partial charge in [-0.15, -0.1) is 0 Å². The van der Waals surface area contributed by atoms with Crippen molar-refractivity contribution < 1.29 is 18.6 Å². The summed E-state index contributed by atoms with van der Waals surface area (Å²) >= 11 is 0. The van der Waals surface area contributed by atoms with Crippen LogP contribution in [0.2, 0.25) is 0 Å². The van der Waals surface area contributed by atoms with Crippen LogP contribution in [0.5, 0.6) is 0 Å². The predicted octanol–water partition coefficient (Wildman–Crippen LogP) is -2.48. The van der Waals surface area contributed by atoms with Gasteiger partial charge in [0.05, 0.1) is 32.4 Å². The molecule has 5 atom stereocenters. The van der Waals surface area contributed by atoms with Crippen molar-refractivity contribution in [2.75, 3.05) is 65.2 Å². The third-order valence-electron chi connectivity index (χ3n) is 7.55. The molecule has 0 spiro atoms. The number of nitrogens with one attached hydrogen (secondary N) is 2. The Morgan fingerprint density at radius 1 is 1.15 bits per heavy atom. The first-order chi connectivity index (χ1) is 13.0. The molecule has 0 aromatic carbocycles. The van der Waals surface area contributed by atoms with Gasteiger partial charge in [0.25, 0.3) is 0 Å². The number of hydrogen-bond acceptors (Lipinski definition) is 4. The Labute approximate surface area is 164 Å². The monoisotopic (exact) mass is 401 g/mol. The highest BCUT2D eigenvalue weighted by Gasteiger charge is 2.44. The molecule has 8 heteroatoms. The first kappa shape index (κ1) is 20.0. The van der Waals surface area contributed by atoms with Gasteiger partial charge in [0.1, 0.15) is 12.2 Å². The number of piperidine rings is 4. The summed E-state index contributed by atoms with van der Waals surface area (Å²) in [5.41, 5.74) is 0. The highest BCUT2D eigenvalue weighted by Crippen LogP contribution is 2.28. The van der Waals surface area contributed by atoms with Crippen molar-refractivity contribution in [3.63, 3.8) is 0 Å². The van der Waals surface area contributed by atoms with Crippen molar-refractivity contribution >= 4 is 10.0 Å². The fourth-order valence-corrected chi connectivity index (χ4v) is 6.49. The second kappa shape index (κ2) is 8.63. The maximum atomic E-state index is 11.4. The quantitative estimate of drug-likeness (QED) is 0.461. The van der Waals surface area contributed by atoms with Crippen LogP contribution in [0.3, 0.4) is 0 Å². The standard InChI is InChI=1S/C19H37N5O2S/c1-27(25,26)21-13-18-12-16-5-7-24(18)15-17(16)14-22-8-10-23(11-9-22)19-4-2-3-6-20-19/h16-21H,2-15H2,1H3/p+2/t16-,17+,18+,19?/m1/s1. The molecule has 5 saturated heterocycles. The largest absolute Gasteiger partial charge is 0.331 e. The summed E-state index contributed by atoms with van der Waals surface area (Å²) in [5.74, 6) is 1.59. The highest BCUT2D eigenvalue weighted by molar-refractivity contribution is 7.88. The molecule has 4 N–H and O–H groups in total. The number of hydrogen-bond donors (Lipinski definition) is 3. The fraction of sp³-hybridized carbons (Fsp3) is 1.00. The van der Waals surface area contributed by atoms with Gasteiger partial charge < -0.3 is 15.1 Å². The minimum absolute atomic E-state index is 0.480. The summed E-state index contributed by atoms with van der Waals surface area (Å²) in [6.45, 7) is 10.6. The van der Waals surface area contributed by atoms with Crippen molar-refractivity contribution in [2.24, 2.45) is 11.8 Å². The van der Waals surface area contributed by atoms with E-state index in [-0.39, 0.29) is 0 Å². The van der Waals surface area contributed by atoms with Crippen molar-refractivity contribution in [3.8, 4) is 0 Å². The van der Waals surface area contributed by atoms with Crippen LogP contribution in [-0.4, -0.2) is 95.6 Å². The molecule has 0 aromatic rings. The van der Waals surface area contributed by atoms with Gasteiger partial charge in [-0.25, -0.2) is 13.1 Å². The molecular formula is C19H39N5O2S+2. The molecule has 0 aromatic heterocycles. The van der Waals surface area contributed by atoms with E-state index >= 15 is 0 Å². The summed E-state index contributed by atoms with van der Waals surface area (Å²) < 4.78 is 25.6. The third-order valence-corrected chi connectivity index (χ3v) is 8.24. The Morgan fingerprint density at radius 3 is 2.59 bits per heavy atom. The van der Waals surface area contributed by atoms with Crippen LogP contribution in [0.25, 0.3) is 0 Å². The number of nitrogens with zero attached hydrogens (tertiary/aromatic N) is 2. The Morgan fingerprint density at radius 2 is 1.96 bits per heavy atom. The molecule has 27 heavy (non-hydrogen) atoms. The minimum atomic E-state index is -3.07. The van der Waals surface area contributed by atoms with E-state index in [0.717, 1.165) is 18.0 Å². The molecule has 0 aliphatic carbocycles. The Balaban J connectivity index is 1.22. The zero-order valence-electron chi connectivity index (χ0n) is 16.9. The van der Waals surface area contributed by atoms with Gasteiger partial charge in [0, 0.05) is 57.9 Å². The molecule has 156 valence electrons. The minimum Gasteiger partial charge on any atom is -0.331 e. The van der Waals surface area contributed by atoms with Gasteiger partial charge in [-0.1, -0.05) is 0 Å². The van der Waals surface area contributed by atoms with E-state index in [1.165, 1.54) is 90.7 Å². The Hall–Kier alpha value is -0.250. The van der Waals surface area contributed by atoms with Crippen LogP contribution >= 0.6 is 0 Å². The smallest absolute Gasteiger partial charge is 0.208 e. The molecule has 0 saturated carbocycles. The lowest BCUT2D eigenvalue weighted by Crippen LogP contribution is -3.20. The van der Waals surface area contributed by atoms with Crippen molar-refractivity contribution in [3.05, 3.63) is 0 Å². The van der Waals surface area contributed by atoms with Crippen LogP contribution in [0, 0.1) is 11.8 Å². The third kappa shape index (κ3) is 5.22. The zero-order valence-corrected chi connectivity index (χ0v) is 17.7. The molecule has 0 radical (unpaired) electrons. The number of fused-ring (bicyclic) bond motifs is 3. The molecule has 5 fully saturated rings. The lowest BCUT2D eigenvalue weighted by atomic mass is 9.75. The molecule has 2 bridgehead atoms. The van der Waals surface area contributed by atoms with E-state index in [0.29, 0.717) is 12.6 Å². The first-order valence-corrected chi connectivity index (χ1v) is 13.0. The van der Waals surface area contributed by atoms with Crippen LogP contribution in [0.15, 0.2) is 0 Å². The molecule has 5 heterocycles. The van der Waals surface area contributed by atoms with Crippen LogP contribution in [-0.2, 0) is 10.0 Å². The normalized spacial score (nSPS) is 38.9. The van der Waals surface area contributed by atoms with E-state index < -0.39 is 10.0 Å². The second-order valence-electron chi connectivity index (χ2n) is 9.40. The lowest BCUT2D eigenvalue weighted by molar-refractivity contribution is -0.945. The van der Waals surface area contributed by atoms with E-state index in [1.54, 1.807) is 4.90 Å². The summed E-state index contributed by atoms with van der Waals surface area (Å²) in [5, 5.41) is 2.56. The van der Waals surface area contributed by atoms with Crippen molar-refractivity contribution in [1.82, 2.24) is 14.5 Å². The molecular weight excluding hydrogens is 362 g/mol. The van der Waals surface area contributed by atoms with Crippen molar-refractivity contribution in [1.29, 1.82) is 0 Å². The average molecular weight is 402 g/mol. The number of sulfonamides is 1. The highest BCUT2D eigenvalue weighted by atomic mass is 32.2. The van der Waals surface area contributed by atoms with Gasteiger partial charge in [-0.3, -0.25) is 4.90 Å². The van der Waals surface area contributed by atoms with Crippen LogP contribution in [0.4, 0.5) is 0 Å². The topological polar surface area (TPSA) is 73.7 Å². The number of nitrogens with two attached hydrogens (primary N) is 1. The number of quaternary nitrogens is 2. The summed E-state index contributed by atoms with van der Waals surface area (Å²) in [4.78, 5) is 7.05. The van der Waals surface area contributed by atoms with Gasteiger partial charge >= 0.3 is 0 Å². The molecule has 7 nitrogen and oxygen atoms in total. The fourth-order valence-electron chi connectivity index (χ4n) is 5.99. The van der Waals surface area contributed by atoms with Gasteiger partial charge in [-0.05, 0) is 18.8 Å². The maximum Gasteiger partial charge on any atom is 0.208 e. The van der Waals surface area contributed by atoms with E-state index in [2.05, 4.69) is 19.8 Å². The maximum absolute atomic E-state index is 11.4. The summed E-state index contributed by atoms with van der Waals surface area (Å²) in [7, 11) is -3.07. The average Bonchev–Trinajstić information content (AvgIpc) is 2.68. The van der Waals surface area contributed by atoms with Gasteiger partial charge in [0.15, 0.2) is 0 Å². The Kier molecular flexibility index (Phi) is 6.41. The molecule has 0 amide bonds. The molecule has 5 rings (SSSR count). The number of piperazine rings is 1.